The van der Waals surface area contributed by atoms with Crippen molar-refractivity contribution in [2.45, 2.75) is 13.3 Å². The van der Waals surface area contributed by atoms with Crippen LogP contribution >= 0.6 is 11.6 Å². The lowest BCUT2D eigenvalue weighted by Crippen LogP contribution is -2.53. The molecule has 0 saturated carbocycles. The highest BCUT2D eigenvalue weighted by Crippen LogP contribution is 2.16. The van der Waals surface area contributed by atoms with E-state index >= 15 is 0 Å². The molecule has 0 bridgehead atoms. The molecule has 7 heteroatoms. The molecule has 132 valence electrons. The first-order valence-corrected chi connectivity index (χ1v) is 8.61. The normalized spacial score (nSPS) is 14.6. The zero-order valence-electron chi connectivity index (χ0n) is 14.0. The molecular weight excluding hydrogens is 330 g/mol. The predicted molar refractivity (Wildman–Crippen MR) is 93.2 cm³/mol. The third-order valence-corrected chi connectivity index (χ3v) is 4.31. The molecule has 0 aliphatic carbocycles. The summed E-state index contributed by atoms with van der Waals surface area (Å²) in [5, 5.41) is 3.43. The molecule has 3 amide bonds. The summed E-state index contributed by atoms with van der Waals surface area (Å²) in [4.78, 5) is 27.9. The van der Waals surface area contributed by atoms with Crippen molar-refractivity contribution in [1.29, 1.82) is 0 Å². The van der Waals surface area contributed by atoms with Gasteiger partial charge in [-0.3, -0.25) is 4.79 Å². The standard InChI is InChI=1S/C17H24ClN3O3/c1-2-24-12-7-19-17(23)21-10-8-20(9-11-21)16(22)13-14-5-3-4-6-15(14)18/h3-6H,2,7-13H2,1H3,(H,19,23). The summed E-state index contributed by atoms with van der Waals surface area (Å²) in [5.74, 6) is 0.0412. The van der Waals surface area contributed by atoms with Crippen LogP contribution in [-0.2, 0) is 16.0 Å². The van der Waals surface area contributed by atoms with Crippen molar-refractivity contribution in [3.05, 3.63) is 34.9 Å². The van der Waals surface area contributed by atoms with E-state index in [1.54, 1.807) is 15.9 Å². The number of hydrogen-bond acceptors (Lipinski definition) is 3. The maximum absolute atomic E-state index is 12.4. The molecule has 1 aromatic rings. The van der Waals surface area contributed by atoms with Gasteiger partial charge in [-0.1, -0.05) is 29.8 Å². The molecular formula is C17H24ClN3O3. The molecule has 2 rings (SSSR count). The van der Waals surface area contributed by atoms with Crippen LogP contribution < -0.4 is 5.32 Å². The second-order valence-corrected chi connectivity index (χ2v) is 5.97. The Labute approximate surface area is 147 Å². The van der Waals surface area contributed by atoms with Crippen molar-refractivity contribution >= 4 is 23.5 Å². The molecule has 0 atom stereocenters. The predicted octanol–water partition coefficient (Wildman–Crippen LogP) is 1.77. The van der Waals surface area contributed by atoms with Gasteiger partial charge in [-0.25, -0.2) is 4.79 Å². The fourth-order valence-corrected chi connectivity index (χ4v) is 2.76. The largest absolute Gasteiger partial charge is 0.380 e. The van der Waals surface area contributed by atoms with E-state index in [1.807, 2.05) is 25.1 Å². The highest BCUT2D eigenvalue weighted by molar-refractivity contribution is 6.31. The number of nitrogens with one attached hydrogen (secondary N) is 1. The third-order valence-electron chi connectivity index (χ3n) is 3.95. The van der Waals surface area contributed by atoms with E-state index < -0.39 is 0 Å². The summed E-state index contributed by atoms with van der Waals surface area (Å²) in [5.41, 5.74) is 0.834. The molecule has 1 heterocycles. The summed E-state index contributed by atoms with van der Waals surface area (Å²) < 4.78 is 5.19. The molecule has 1 aliphatic rings. The van der Waals surface area contributed by atoms with Gasteiger partial charge < -0.3 is 19.9 Å². The summed E-state index contributed by atoms with van der Waals surface area (Å²) in [7, 11) is 0. The molecule has 1 N–H and O–H groups in total. The zero-order chi connectivity index (χ0) is 17.4. The van der Waals surface area contributed by atoms with Crippen molar-refractivity contribution in [2.24, 2.45) is 0 Å². The second kappa shape index (κ2) is 9.49. The number of rotatable bonds is 6. The van der Waals surface area contributed by atoms with E-state index in [-0.39, 0.29) is 11.9 Å². The van der Waals surface area contributed by atoms with E-state index in [4.69, 9.17) is 16.3 Å². The minimum absolute atomic E-state index is 0.0412. The average Bonchev–Trinajstić information content (AvgIpc) is 2.60. The van der Waals surface area contributed by atoms with E-state index in [9.17, 15) is 9.59 Å². The van der Waals surface area contributed by atoms with Gasteiger partial charge >= 0.3 is 6.03 Å². The maximum Gasteiger partial charge on any atom is 0.317 e. The molecule has 1 aromatic carbocycles. The Morgan fingerprint density at radius 3 is 2.50 bits per heavy atom. The number of carbonyl (C=O) groups is 2. The van der Waals surface area contributed by atoms with Crippen LogP contribution in [0.5, 0.6) is 0 Å². The van der Waals surface area contributed by atoms with Crippen LogP contribution in [0.15, 0.2) is 24.3 Å². The highest BCUT2D eigenvalue weighted by Gasteiger charge is 2.24. The maximum atomic E-state index is 12.4. The lowest BCUT2D eigenvalue weighted by Gasteiger charge is -2.34. The Morgan fingerprint density at radius 2 is 1.83 bits per heavy atom. The highest BCUT2D eigenvalue weighted by atomic mass is 35.5. The molecule has 1 aliphatic heterocycles. The number of hydrogen-bond donors (Lipinski definition) is 1. The monoisotopic (exact) mass is 353 g/mol. The number of amides is 3. The van der Waals surface area contributed by atoms with Gasteiger partial charge in [-0.2, -0.15) is 0 Å². The van der Waals surface area contributed by atoms with Gasteiger partial charge in [0.05, 0.1) is 13.0 Å². The number of benzene rings is 1. The summed E-state index contributed by atoms with van der Waals surface area (Å²) in [6.45, 7) is 5.73. The average molecular weight is 354 g/mol. The Balaban J connectivity index is 1.75. The minimum atomic E-state index is -0.104. The third kappa shape index (κ3) is 5.39. The molecule has 0 unspecified atom stereocenters. The van der Waals surface area contributed by atoms with E-state index in [0.717, 1.165) is 5.56 Å². The molecule has 24 heavy (non-hydrogen) atoms. The van der Waals surface area contributed by atoms with Crippen LogP contribution in [0.25, 0.3) is 0 Å². The lowest BCUT2D eigenvalue weighted by atomic mass is 10.1. The molecule has 6 nitrogen and oxygen atoms in total. The van der Waals surface area contributed by atoms with Crippen LogP contribution in [0.3, 0.4) is 0 Å². The van der Waals surface area contributed by atoms with Crippen LogP contribution in [0.1, 0.15) is 12.5 Å². The van der Waals surface area contributed by atoms with Gasteiger partial charge in [-0.15, -0.1) is 0 Å². The van der Waals surface area contributed by atoms with Crippen LogP contribution in [0.2, 0.25) is 5.02 Å². The quantitative estimate of drug-likeness (QED) is 0.793. The van der Waals surface area contributed by atoms with Crippen LogP contribution in [0, 0.1) is 0 Å². The number of nitrogens with zero attached hydrogens (tertiary/aromatic N) is 2. The number of ether oxygens (including phenoxy) is 1. The summed E-state index contributed by atoms with van der Waals surface area (Å²) >= 11 is 6.10. The first kappa shape index (κ1) is 18.5. The topological polar surface area (TPSA) is 61.9 Å². The van der Waals surface area contributed by atoms with Crippen molar-refractivity contribution in [2.75, 3.05) is 45.9 Å². The van der Waals surface area contributed by atoms with Gasteiger partial charge in [0.2, 0.25) is 5.91 Å². The first-order chi connectivity index (χ1) is 11.6. The molecule has 0 aromatic heterocycles. The number of halogens is 1. The SMILES string of the molecule is CCOCCNC(=O)N1CCN(C(=O)Cc2ccccc2Cl)CC1. The van der Waals surface area contributed by atoms with E-state index in [1.165, 1.54) is 0 Å². The van der Waals surface area contributed by atoms with Crippen molar-refractivity contribution < 1.29 is 14.3 Å². The fraction of sp³-hybridized carbons (Fsp3) is 0.529. The van der Waals surface area contributed by atoms with Crippen molar-refractivity contribution in [3.8, 4) is 0 Å². The Hall–Kier alpha value is -1.79. The Bertz CT molecular complexity index is 560. The second-order valence-electron chi connectivity index (χ2n) is 5.56. The summed E-state index contributed by atoms with van der Waals surface area (Å²) in [6.07, 6.45) is 0.292. The van der Waals surface area contributed by atoms with E-state index in [2.05, 4.69) is 5.32 Å². The minimum Gasteiger partial charge on any atom is -0.380 e. The van der Waals surface area contributed by atoms with Gasteiger partial charge in [0, 0.05) is 44.4 Å². The molecule has 1 fully saturated rings. The lowest BCUT2D eigenvalue weighted by molar-refractivity contribution is -0.131. The Kier molecular flexibility index (Phi) is 7.34. The van der Waals surface area contributed by atoms with Crippen LogP contribution in [-0.4, -0.2) is 67.7 Å². The summed E-state index contributed by atoms with van der Waals surface area (Å²) in [6, 6.07) is 7.27. The Morgan fingerprint density at radius 1 is 1.17 bits per heavy atom. The van der Waals surface area contributed by atoms with Crippen LogP contribution in [0.4, 0.5) is 4.79 Å². The zero-order valence-corrected chi connectivity index (χ0v) is 14.7. The number of carbonyl (C=O) groups excluding carboxylic acids is 2. The number of piperazine rings is 1. The van der Waals surface area contributed by atoms with Gasteiger partial charge in [0.1, 0.15) is 0 Å². The van der Waals surface area contributed by atoms with E-state index in [0.29, 0.717) is 57.4 Å². The number of urea groups is 1. The fourth-order valence-electron chi connectivity index (χ4n) is 2.56. The molecule has 1 saturated heterocycles. The van der Waals surface area contributed by atoms with Crippen molar-refractivity contribution in [1.82, 2.24) is 15.1 Å². The first-order valence-electron chi connectivity index (χ1n) is 8.23. The van der Waals surface area contributed by atoms with Gasteiger partial charge in [0.25, 0.3) is 0 Å². The molecule has 0 radical (unpaired) electrons. The van der Waals surface area contributed by atoms with Gasteiger partial charge in [0.15, 0.2) is 0 Å². The smallest absolute Gasteiger partial charge is 0.317 e. The van der Waals surface area contributed by atoms with Gasteiger partial charge in [-0.05, 0) is 18.6 Å². The molecule has 0 spiro atoms. The van der Waals surface area contributed by atoms with Crippen molar-refractivity contribution in [3.63, 3.8) is 0 Å².